The van der Waals surface area contributed by atoms with E-state index in [2.05, 4.69) is 12.3 Å². The Bertz CT molecular complexity index is 61.8. The van der Waals surface area contributed by atoms with Gasteiger partial charge in [-0.15, -0.1) is 0 Å². The molecule has 6 heavy (non-hydrogen) atoms. The first-order valence-electron chi connectivity index (χ1n) is 1.19. The number of carbonyl (C=O) groups excluding carboxylic acids is 1. The van der Waals surface area contributed by atoms with Crippen molar-refractivity contribution in [3.63, 3.8) is 0 Å². The average molecular weight is 78.0 g/mol. The van der Waals surface area contributed by atoms with Gasteiger partial charge in [0.1, 0.15) is 0 Å². The minimum Gasteiger partial charge on any atom is -0.366 e. The molecule has 29 valence electrons. The molecular weight excluding hydrogens is 73.0 g/mol. The molecule has 0 fully saturated rings. The molecule has 0 aromatic rings. The molecule has 0 bridgehead atoms. The summed E-state index contributed by atoms with van der Waals surface area (Å²) < 4.78 is 0. The van der Waals surface area contributed by atoms with E-state index in [1.807, 2.05) is 0 Å². The molecule has 3 heteroatoms. The Balaban J connectivity index is 0. The fraction of sp³-hybridized carbons (Fsp3) is 0. The molecule has 0 unspecified atom stereocenters. The summed E-state index contributed by atoms with van der Waals surface area (Å²) in [7, 11) is 0. The van der Waals surface area contributed by atoms with E-state index < -0.39 is 5.91 Å². The molecule has 0 aromatic heterocycles. The van der Waals surface area contributed by atoms with Gasteiger partial charge in [-0.05, 0) is 6.08 Å². The topological polar surface area (TPSA) is 43.1 Å². The quantitative estimate of drug-likeness (QED) is 0.326. The molecule has 0 aromatic carbocycles. The van der Waals surface area contributed by atoms with Crippen LogP contribution >= 0.6 is 0 Å². The first kappa shape index (κ1) is 9.26. The van der Waals surface area contributed by atoms with Crippen LogP contribution in [0, 0.1) is 0 Å². The van der Waals surface area contributed by atoms with Gasteiger partial charge in [0.2, 0.25) is 5.91 Å². The molecular formula is C3H5LiNO. The molecule has 0 aliphatic heterocycles. The number of rotatable bonds is 1. The SMILES string of the molecule is C=CC(N)=O.[Li]. The zero-order chi connectivity index (χ0) is 4.28. The van der Waals surface area contributed by atoms with Crippen LogP contribution in [0.3, 0.4) is 0 Å². The van der Waals surface area contributed by atoms with Crippen LogP contribution < -0.4 is 5.73 Å². The van der Waals surface area contributed by atoms with Crippen LogP contribution in [0.2, 0.25) is 0 Å². The minimum absolute atomic E-state index is 0. The molecule has 0 atom stereocenters. The number of amides is 1. The summed E-state index contributed by atoms with van der Waals surface area (Å²) in [4.78, 5) is 9.47. The van der Waals surface area contributed by atoms with Crippen molar-refractivity contribution in [2.75, 3.05) is 0 Å². The van der Waals surface area contributed by atoms with Crippen molar-refractivity contribution in [2.24, 2.45) is 5.73 Å². The van der Waals surface area contributed by atoms with Gasteiger partial charge in [0.15, 0.2) is 0 Å². The van der Waals surface area contributed by atoms with Crippen molar-refractivity contribution in [1.29, 1.82) is 0 Å². The summed E-state index contributed by atoms with van der Waals surface area (Å²) in [6.07, 6.45) is 1.06. The fourth-order valence-corrected chi connectivity index (χ4v) is 0. The third kappa shape index (κ3) is 9.19. The molecule has 2 N–H and O–H groups in total. The molecule has 0 spiro atoms. The van der Waals surface area contributed by atoms with Gasteiger partial charge in [-0.25, -0.2) is 0 Å². The summed E-state index contributed by atoms with van der Waals surface area (Å²) in [6.45, 7) is 3.09. The average Bonchev–Trinajstić information content (AvgIpc) is 1.38. The fourth-order valence-electron chi connectivity index (χ4n) is 0. The van der Waals surface area contributed by atoms with Crippen LogP contribution in [-0.2, 0) is 4.79 Å². The van der Waals surface area contributed by atoms with E-state index in [4.69, 9.17) is 0 Å². The van der Waals surface area contributed by atoms with Gasteiger partial charge >= 0.3 is 0 Å². The minimum atomic E-state index is -0.481. The Kier molecular flexibility index (Phi) is 7.42. The second-order valence-electron chi connectivity index (χ2n) is 0.606. The van der Waals surface area contributed by atoms with Crippen LogP contribution in [0.5, 0.6) is 0 Å². The summed E-state index contributed by atoms with van der Waals surface area (Å²) in [6, 6.07) is 0. The van der Waals surface area contributed by atoms with Gasteiger partial charge in [-0.1, -0.05) is 6.58 Å². The van der Waals surface area contributed by atoms with E-state index in [1.54, 1.807) is 0 Å². The van der Waals surface area contributed by atoms with Crippen LogP contribution in [0.15, 0.2) is 12.7 Å². The molecule has 0 rings (SSSR count). The molecule has 1 radical (unpaired) electrons. The maximum absolute atomic E-state index is 9.47. The maximum Gasteiger partial charge on any atom is 0.240 e. The first-order chi connectivity index (χ1) is 2.27. The van der Waals surface area contributed by atoms with E-state index in [1.165, 1.54) is 0 Å². The first-order valence-corrected chi connectivity index (χ1v) is 1.19. The van der Waals surface area contributed by atoms with Crippen LogP contribution in [-0.4, -0.2) is 24.8 Å². The normalized spacial score (nSPS) is 5.33. The van der Waals surface area contributed by atoms with E-state index in [0.29, 0.717) is 0 Å². The standard InChI is InChI=1S/C3H5NO.Li/c1-2-3(4)5;/h2H,1H2,(H2,4,5);. The number of carbonyl (C=O) groups is 1. The summed E-state index contributed by atoms with van der Waals surface area (Å²) >= 11 is 0. The third-order valence-electron chi connectivity index (χ3n) is 0.201. The third-order valence-corrected chi connectivity index (χ3v) is 0.201. The largest absolute Gasteiger partial charge is 0.366 e. The second kappa shape index (κ2) is 4.81. The van der Waals surface area contributed by atoms with E-state index in [0.717, 1.165) is 6.08 Å². The molecule has 1 amide bonds. The summed E-state index contributed by atoms with van der Waals surface area (Å²) in [5.41, 5.74) is 4.53. The predicted molar refractivity (Wildman–Crippen MR) is 25.1 cm³/mol. The van der Waals surface area contributed by atoms with Crippen molar-refractivity contribution in [3.05, 3.63) is 12.7 Å². The Hall–Kier alpha value is -0.193. The van der Waals surface area contributed by atoms with E-state index >= 15 is 0 Å². The molecule has 0 aliphatic rings. The van der Waals surface area contributed by atoms with Crippen LogP contribution in [0.25, 0.3) is 0 Å². The van der Waals surface area contributed by atoms with Gasteiger partial charge < -0.3 is 5.73 Å². The van der Waals surface area contributed by atoms with Gasteiger partial charge in [0, 0.05) is 18.9 Å². The van der Waals surface area contributed by atoms with Gasteiger partial charge in [0.05, 0.1) is 0 Å². The zero-order valence-corrected chi connectivity index (χ0v) is 3.77. The number of hydrogen-bond acceptors (Lipinski definition) is 1. The smallest absolute Gasteiger partial charge is 0.240 e. The number of hydrogen-bond donors (Lipinski definition) is 1. The Labute approximate surface area is 48.6 Å². The van der Waals surface area contributed by atoms with Gasteiger partial charge in [-0.3, -0.25) is 4.79 Å². The zero-order valence-electron chi connectivity index (χ0n) is 3.77. The molecule has 0 saturated carbocycles. The second-order valence-corrected chi connectivity index (χ2v) is 0.606. The van der Waals surface area contributed by atoms with Crippen molar-refractivity contribution in [1.82, 2.24) is 0 Å². The predicted octanol–water partition coefficient (Wildman–Crippen LogP) is -0.723. The van der Waals surface area contributed by atoms with E-state index in [-0.39, 0.29) is 18.9 Å². The molecule has 0 heterocycles. The van der Waals surface area contributed by atoms with Gasteiger partial charge in [0.25, 0.3) is 0 Å². The van der Waals surface area contributed by atoms with E-state index in [9.17, 15) is 4.79 Å². The monoisotopic (exact) mass is 78.1 g/mol. The Morgan fingerprint density at radius 1 is 1.83 bits per heavy atom. The Morgan fingerprint density at radius 3 is 2.00 bits per heavy atom. The molecule has 2 nitrogen and oxygen atoms in total. The summed E-state index contributed by atoms with van der Waals surface area (Å²) in [5, 5.41) is 0. The van der Waals surface area contributed by atoms with Crippen molar-refractivity contribution < 1.29 is 4.79 Å². The van der Waals surface area contributed by atoms with Crippen molar-refractivity contribution in [2.45, 2.75) is 0 Å². The van der Waals surface area contributed by atoms with Crippen LogP contribution in [0.1, 0.15) is 0 Å². The van der Waals surface area contributed by atoms with Crippen molar-refractivity contribution >= 4 is 24.8 Å². The molecule has 0 aliphatic carbocycles. The summed E-state index contributed by atoms with van der Waals surface area (Å²) in [5.74, 6) is -0.481. The molecule has 0 saturated heterocycles. The van der Waals surface area contributed by atoms with Crippen LogP contribution in [0.4, 0.5) is 0 Å². The maximum atomic E-state index is 9.47. The number of primary amides is 1. The Morgan fingerprint density at radius 2 is 2.00 bits per heavy atom. The van der Waals surface area contributed by atoms with Gasteiger partial charge in [-0.2, -0.15) is 0 Å². The number of nitrogens with two attached hydrogens (primary N) is 1. The van der Waals surface area contributed by atoms with Crippen molar-refractivity contribution in [3.8, 4) is 0 Å².